The molecule has 0 fully saturated rings. The van der Waals surface area contributed by atoms with Crippen molar-refractivity contribution in [3.63, 3.8) is 0 Å². The van der Waals surface area contributed by atoms with Gasteiger partial charge in [0.1, 0.15) is 0 Å². The average molecular weight is 391 g/mol. The number of benzene rings is 1. The number of rotatable bonds is 4. The van der Waals surface area contributed by atoms with Gasteiger partial charge in [-0.05, 0) is 29.5 Å². The Morgan fingerprint density at radius 1 is 1.37 bits per heavy atom. The molecule has 0 saturated carbocycles. The van der Waals surface area contributed by atoms with Crippen LogP contribution in [-0.4, -0.2) is 41.8 Å². The minimum atomic E-state index is -3.26. The maximum Gasteiger partial charge on any atom is 0.317 e. The molecule has 0 unspecified atom stereocenters. The molecular weight excluding hydrogens is 364 g/mol. The number of aromatic amines is 1. The minimum absolute atomic E-state index is 0.0543. The summed E-state index contributed by atoms with van der Waals surface area (Å²) in [6.07, 6.45) is 2.61. The summed E-state index contributed by atoms with van der Waals surface area (Å²) in [6, 6.07) is 6.56. The summed E-state index contributed by atoms with van der Waals surface area (Å²) in [5.74, 6) is 0.0543. The van der Waals surface area contributed by atoms with Crippen LogP contribution in [0.4, 0.5) is 4.79 Å². The lowest BCUT2D eigenvalue weighted by molar-refractivity contribution is 0.168. The molecule has 3 rings (SSSR count). The maximum absolute atomic E-state index is 12.7. The summed E-state index contributed by atoms with van der Waals surface area (Å²) in [4.78, 5) is 14.8. The molecule has 27 heavy (non-hydrogen) atoms. The molecule has 0 bridgehead atoms. The van der Waals surface area contributed by atoms with Crippen molar-refractivity contribution in [3.8, 4) is 0 Å². The normalized spacial score (nSPS) is 16.5. The molecule has 2 amide bonds. The Kier molecular flexibility index (Phi) is 5.28. The van der Waals surface area contributed by atoms with E-state index in [9.17, 15) is 13.2 Å². The molecule has 2 N–H and O–H groups in total. The molecule has 0 radical (unpaired) electrons. The van der Waals surface area contributed by atoms with Gasteiger partial charge in [0.05, 0.1) is 23.4 Å². The predicted molar refractivity (Wildman–Crippen MR) is 103 cm³/mol. The fraction of sp³-hybridized carbons (Fsp3) is 0.474. The first kappa shape index (κ1) is 19.4. The lowest BCUT2D eigenvalue weighted by Gasteiger charge is -2.29. The second-order valence-corrected chi connectivity index (χ2v) is 10.1. The lowest BCUT2D eigenvalue weighted by atomic mass is 9.88. The first-order valence-electron chi connectivity index (χ1n) is 9.06. The van der Waals surface area contributed by atoms with Gasteiger partial charge in [-0.2, -0.15) is 5.10 Å². The molecule has 146 valence electrons. The molecule has 1 aromatic carbocycles. The van der Waals surface area contributed by atoms with Crippen molar-refractivity contribution in [3.05, 3.63) is 47.3 Å². The highest BCUT2D eigenvalue weighted by Crippen LogP contribution is 2.29. The zero-order valence-corrected chi connectivity index (χ0v) is 16.8. The molecule has 7 nitrogen and oxygen atoms in total. The van der Waals surface area contributed by atoms with Gasteiger partial charge in [0, 0.05) is 24.3 Å². The number of sulfone groups is 1. The van der Waals surface area contributed by atoms with Gasteiger partial charge in [-0.3, -0.25) is 5.10 Å². The van der Waals surface area contributed by atoms with E-state index in [4.69, 9.17) is 0 Å². The third kappa shape index (κ3) is 4.50. The van der Waals surface area contributed by atoms with Crippen molar-refractivity contribution >= 4 is 15.9 Å². The van der Waals surface area contributed by atoms with Crippen LogP contribution in [0.2, 0.25) is 0 Å². The van der Waals surface area contributed by atoms with E-state index in [2.05, 4.69) is 29.4 Å². The Morgan fingerprint density at radius 3 is 2.89 bits per heavy atom. The van der Waals surface area contributed by atoms with Gasteiger partial charge in [0.2, 0.25) is 0 Å². The van der Waals surface area contributed by atoms with E-state index in [-0.39, 0.29) is 28.6 Å². The Labute approximate surface area is 160 Å². The number of H-pyrrole nitrogens is 1. The van der Waals surface area contributed by atoms with Gasteiger partial charge < -0.3 is 10.2 Å². The van der Waals surface area contributed by atoms with Crippen LogP contribution in [0.25, 0.3) is 0 Å². The van der Waals surface area contributed by atoms with E-state index in [0.717, 1.165) is 23.2 Å². The largest absolute Gasteiger partial charge is 0.334 e. The number of carbonyl (C=O) groups excluding carboxylic acids is 1. The lowest BCUT2D eigenvalue weighted by Crippen LogP contribution is -2.43. The highest BCUT2D eigenvalue weighted by atomic mass is 32.2. The number of nitrogens with one attached hydrogen (secondary N) is 2. The zero-order valence-electron chi connectivity index (χ0n) is 15.9. The summed E-state index contributed by atoms with van der Waals surface area (Å²) < 4.78 is 24.1. The number of aromatic nitrogens is 2. The second kappa shape index (κ2) is 7.34. The third-order valence-corrected chi connectivity index (χ3v) is 6.54. The molecule has 0 saturated heterocycles. The van der Waals surface area contributed by atoms with Gasteiger partial charge in [-0.15, -0.1) is 0 Å². The van der Waals surface area contributed by atoms with E-state index in [1.54, 1.807) is 36.2 Å². The smallest absolute Gasteiger partial charge is 0.317 e. The number of fused-ring (bicyclic) bond motifs is 1. The molecule has 8 heteroatoms. The SMILES string of the molecule is CCS(=O)(=O)c1cccc(CNC(=O)N2Cc3cn[nH]c3CC(C)(C)C2)c1. The number of hydrogen-bond acceptors (Lipinski definition) is 4. The molecule has 2 heterocycles. The van der Waals surface area contributed by atoms with Crippen LogP contribution in [-0.2, 0) is 29.3 Å². The number of nitrogens with zero attached hydrogens (tertiary/aromatic N) is 2. The average Bonchev–Trinajstić information content (AvgIpc) is 2.99. The zero-order chi connectivity index (χ0) is 19.7. The van der Waals surface area contributed by atoms with Crippen LogP contribution in [0.15, 0.2) is 35.4 Å². The van der Waals surface area contributed by atoms with Crippen LogP contribution in [0.5, 0.6) is 0 Å². The van der Waals surface area contributed by atoms with Gasteiger partial charge in [-0.1, -0.05) is 32.9 Å². The minimum Gasteiger partial charge on any atom is -0.334 e. The quantitative estimate of drug-likeness (QED) is 0.838. The van der Waals surface area contributed by atoms with Crippen molar-refractivity contribution in [1.82, 2.24) is 20.4 Å². The van der Waals surface area contributed by atoms with E-state index < -0.39 is 9.84 Å². The van der Waals surface area contributed by atoms with Crippen molar-refractivity contribution in [2.75, 3.05) is 12.3 Å². The van der Waals surface area contributed by atoms with E-state index in [1.165, 1.54) is 0 Å². The van der Waals surface area contributed by atoms with Gasteiger partial charge in [-0.25, -0.2) is 13.2 Å². The molecular formula is C19H26N4O3S. The molecule has 1 aliphatic heterocycles. The topological polar surface area (TPSA) is 95.2 Å². The van der Waals surface area contributed by atoms with E-state index in [0.29, 0.717) is 13.1 Å². The van der Waals surface area contributed by atoms with Gasteiger partial charge in [0.15, 0.2) is 9.84 Å². The fourth-order valence-corrected chi connectivity index (χ4v) is 4.34. The number of carbonyl (C=O) groups is 1. The molecule has 0 spiro atoms. The second-order valence-electron chi connectivity index (χ2n) is 7.78. The number of amides is 2. The number of hydrogen-bond donors (Lipinski definition) is 2. The predicted octanol–water partition coefficient (Wildman–Crippen LogP) is 2.50. The first-order valence-corrected chi connectivity index (χ1v) is 10.7. The van der Waals surface area contributed by atoms with Crippen LogP contribution in [0.1, 0.15) is 37.6 Å². The van der Waals surface area contributed by atoms with Gasteiger partial charge >= 0.3 is 6.03 Å². The summed E-state index contributed by atoms with van der Waals surface area (Å²) in [5, 5.41) is 10.0. The Balaban J connectivity index is 1.70. The van der Waals surface area contributed by atoms with Crippen LogP contribution in [0, 0.1) is 5.41 Å². The highest BCUT2D eigenvalue weighted by molar-refractivity contribution is 7.91. The standard InChI is InChI=1S/C19H26N4O3S/c1-4-27(25,26)16-7-5-6-14(8-16)10-20-18(24)23-12-15-11-21-22-17(15)9-19(2,3)13-23/h5-8,11H,4,9-10,12-13H2,1-3H3,(H,20,24)(H,21,22). The molecule has 0 aliphatic carbocycles. The van der Waals surface area contributed by atoms with Gasteiger partial charge in [0.25, 0.3) is 0 Å². The molecule has 1 aliphatic rings. The third-order valence-electron chi connectivity index (χ3n) is 4.81. The Bertz CT molecular complexity index is 934. The van der Waals surface area contributed by atoms with Crippen LogP contribution in [0.3, 0.4) is 0 Å². The van der Waals surface area contributed by atoms with Crippen molar-refractivity contribution < 1.29 is 13.2 Å². The van der Waals surface area contributed by atoms with Crippen LogP contribution >= 0.6 is 0 Å². The number of urea groups is 1. The molecule has 2 aromatic rings. The highest BCUT2D eigenvalue weighted by Gasteiger charge is 2.31. The van der Waals surface area contributed by atoms with Crippen molar-refractivity contribution in [2.45, 2.75) is 45.2 Å². The molecule has 0 atom stereocenters. The first-order chi connectivity index (χ1) is 12.7. The summed E-state index contributed by atoms with van der Waals surface area (Å²) in [5.41, 5.74) is 2.81. The monoisotopic (exact) mass is 390 g/mol. The molecule has 1 aromatic heterocycles. The maximum atomic E-state index is 12.7. The fourth-order valence-electron chi connectivity index (χ4n) is 3.39. The van der Waals surface area contributed by atoms with Crippen LogP contribution < -0.4 is 5.32 Å². The van der Waals surface area contributed by atoms with E-state index >= 15 is 0 Å². The van der Waals surface area contributed by atoms with Crippen molar-refractivity contribution in [1.29, 1.82) is 0 Å². The summed E-state index contributed by atoms with van der Waals surface area (Å²) >= 11 is 0. The summed E-state index contributed by atoms with van der Waals surface area (Å²) in [6.45, 7) is 7.29. The Hall–Kier alpha value is -2.35. The Morgan fingerprint density at radius 2 is 2.15 bits per heavy atom. The summed E-state index contributed by atoms with van der Waals surface area (Å²) in [7, 11) is -3.26. The van der Waals surface area contributed by atoms with E-state index in [1.807, 2.05) is 6.07 Å². The van der Waals surface area contributed by atoms with Crippen molar-refractivity contribution in [2.24, 2.45) is 5.41 Å².